The molecule has 0 bridgehead atoms. The van der Waals surface area contributed by atoms with Gasteiger partial charge in [0.05, 0.1) is 6.61 Å². The summed E-state index contributed by atoms with van der Waals surface area (Å²) in [5.74, 6) is 0.0842. The highest BCUT2D eigenvalue weighted by Crippen LogP contribution is 2.21. The van der Waals surface area contributed by atoms with E-state index in [9.17, 15) is 20.4 Å². The van der Waals surface area contributed by atoms with Crippen molar-refractivity contribution in [2.24, 2.45) is 0 Å². The summed E-state index contributed by atoms with van der Waals surface area (Å²) in [6, 6.07) is 6.31. The second kappa shape index (κ2) is 4.89. The van der Waals surface area contributed by atoms with Crippen molar-refractivity contribution in [1.29, 1.82) is 0 Å². The first-order valence-electron chi connectivity index (χ1n) is 5.29. The summed E-state index contributed by atoms with van der Waals surface area (Å²) in [4.78, 5) is 0. The molecule has 1 fully saturated rings. The van der Waals surface area contributed by atoms with Crippen LogP contribution in [0.3, 0.4) is 0 Å². The first-order chi connectivity index (χ1) is 8.08. The summed E-state index contributed by atoms with van der Waals surface area (Å²) in [5.41, 5.74) is 0.553. The van der Waals surface area contributed by atoms with Crippen molar-refractivity contribution < 1.29 is 25.2 Å². The van der Waals surface area contributed by atoms with Crippen LogP contribution in [0.5, 0.6) is 5.75 Å². The number of phenols is 1. The maximum absolute atomic E-state index is 9.68. The molecule has 0 aliphatic carbocycles. The van der Waals surface area contributed by atoms with E-state index in [2.05, 4.69) is 5.32 Å². The molecule has 0 saturated carbocycles. The summed E-state index contributed by atoms with van der Waals surface area (Å²) >= 11 is 0. The van der Waals surface area contributed by atoms with Crippen LogP contribution in [0.2, 0.25) is 0 Å². The Kier molecular flexibility index (Phi) is 3.49. The van der Waals surface area contributed by atoms with Crippen molar-refractivity contribution in [3.63, 3.8) is 0 Å². The van der Waals surface area contributed by atoms with E-state index in [1.807, 2.05) is 0 Å². The van der Waals surface area contributed by atoms with Gasteiger partial charge in [-0.3, -0.25) is 0 Å². The predicted molar refractivity (Wildman–Crippen MR) is 59.5 cm³/mol. The monoisotopic (exact) mass is 241 g/mol. The Hall–Kier alpha value is -1.34. The highest BCUT2D eigenvalue weighted by atomic mass is 16.5. The molecule has 17 heavy (non-hydrogen) atoms. The minimum Gasteiger partial charge on any atom is -0.508 e. The van der Waals surface area contributed by atoms with E-state index >= 15 is 0 Å². The highest BCUT2D eigenvalue weighted by molar-refractivity contribution is 5.48. The maximum atomic E-state index is 9.68. The Morgan fingerprint density at radius 3 is 2.65 bits per heavy atom. The SMILES string of the molecule is Oc1cccc(N[C@@H]2OC[C@@H](O)[C@@H](O)[C@H]2O)c1. The van der Waals surface area contributed by atoms with Crippen LogP contribution in [0, 0.1) is 0 Å². The fourth-order valence-corrected chi connectivity index (χ4v) is 1.69. The molecule has 4 atom stereocenters. The molecule has 1 aromatic carbocycles. The fourth-order valence-electron chi connectivity index (χ4n) is 1.69. The molecule has 1 aromatic rings. The molecule has 0 radical (unpaired) electrons. The van der Waals surface area contributed by atoms with Crippen LogP contribution in [0.15, 0.2) is 24.3 Å². The molecule has 0 amide bonds. The number of phenolic OH excluding ortho intramolecular Hbond substituents is 1. The number of nitrogens with one attached hydrogen (secondary N) is 1. The van der Waals surface area contributed by atoms with Crippen LogP contribution in [0.25, 0.3) is 0 Å². The standard InChI is InChI=1S/C11H15NO5/c13-7-3-1-2-6(4-7)12-11-10(16)9(15)8(14)5-17-11/h1-4,8-16H,5H2/t8-,9-,10-,11-/m1/s1. The lowest BCUT2D eigenvalue weighted by atomic mass is 10.0. The number of hydrogen-bond acceptors (Lipinski definition) is 6. The molecule has 1 aliphatic rings. The molecular weight excluding hydrogens is 226 g/mol. The first kappa shape index (κ1) is 12.1. The lowest BCUT2D eigenvalue weighted by Crippen LogP contribution is -2.55. The van der Waals surface area contributed by atoms with Gasteiger partial charge >= 0.3 is 0 Å². The lowest BCUT2D eigenvalue weighted by Gasteiger charge is -2.35. The lowest BCUT2D eigenvalue weighted by molar-refractivity contribution is -0.178. The molecule has 1 heterocycles. The van der Waals surface area contributed by atoms with E-state index in [0.29, 0.717) is 5.69 Å². The molecule has 0 spiro atoms. The zero-order chi connectivity index (χ0) is 12.4. The maximum Gasteiger partial charge on any atom is 0.156 e. The molecule has 1 saturated heterocycles. The molecule has 1 aliphatic heterocycles. The van der Waals surface area contributed by atoms with Gasteiger partial charge in [-0.05, 0) is 12.1 Å². The van der Waals surface area contributed by atoms with Crippen LogP contribution in [-0.4, -0.2) is 51.6 Å². The zero-order valence-corrected chi connectivity index (χ0v) is 9.02. The van der Waals surface area contributed by atoms with Crippen molar-refractivity contribution in [3.05, 3.63) is 24.3 Å². The third-order valence-electron chi connectivity index (χ3n) is 2.66. The van der Waals surface area contributed by atoms with Crippen molar-refractivity contribution >= 4 is 5.69 Å². The van der Waals surface area contributed by atoms with Crippen LogP contribution in [0.4, 0.5) is 5.69 Å². The van der Waals surface area contributed by atoms with Crippen molar-refractivity contribution in [1.82, 2.24) is 0 Å². The average Bonchev–Trinajstić information content (AvgIpc) is 2.30. The third-order valence-corrected chi connectivity index (χ3v) is 2.66. The van der Waals surface area contributed by atoms with Gasteiger partial charge in [0.15, 0.2) is 6.23 Å². The summed E-state index contributed by atoms with van der Waals surface area (Å²) in [7, 11) is 0. The molecule has 0 aromatic heterocycles. The number of aliphatic hydroxyl groups is 3. The molecular formula is C11H15NO5. The predicted octanol–water partition coefficient (Wildman–Crippen LogP) is -0.757. The minimum atomic E-state index is -1.25. The van der Waals surface area contributed by atoms with Crippen LogP contribution >= 0.6 is 0 Å². The molecule has 0 unspecified atom stereocenters. The van der Waals surface area contributed by atoms with E-state index < -0.39 is 24.5 Å². The van der Waals surface area contributed by atoms with Gasteiger partial charge < -0.3 is 30.5 Å². The summed E-state index contributed by atoms with van der Waals surface area (Å²) < 4.78 is 5.16. The van der Waals surface area contributed by atoms with E-state index in [4.69, 9.17) is 4.74 Å². The minimum absolute atomic E-state index is 0.0608. The van der Waals surface area contributed by atoms with Gasteiger partial charge in [-0.2, -0.15) is 0 Å². The third kappa shape index (κ3) is 2.67. The van der Waals surface area contributed by atoms with Gasteiger partial charge in [0.1, 0.15) is 24.1 Å². The molecule has 94 valence electrons. The smallest absolute Gasteiger partial charge is 0.156 e. The molecule has 6 heteroatoms. The number of ether oxygens (including phenoxy) is 1. The van der Waals surface area contributed by atoms with Gasteiger partial charge in [0.25, 0.3) is 0 Å². The zero-order valence-electron chi connectivity index (χ0n) is 9.02. The number of hydrogen-bond donors (Lipinski definition) is 5. The quantitative estimate of drug-likeness (QED) is 0.466. The van der Waals surface area contributed by atoms with E-state index in [1.54, 1.807) is 12.1 Å². The second-order valence-corrected chi connectivity index (χ2v) is 4.00. The van der Waals surface area contributed by atoms with E-state index in [0.717, 1.165) is 0 Å². The van der Waals surface area contributed by atoms with Crippen molar-refractivity contribution in [3.8, 4) is 5.75 Å². The number of aromatic hydroxyl groups is 1. The largest absolute Gasteiger partial charge is 0.508 e. The number of benzene rings is 1. The van der Waals surface area contributed by atoms with Gasteiger partial charge in [0, 0.05) is 11.8 Å². The Labute approximate surface area is 98.1 Å². The number of rotatable bonds is 2. The average molecular weight is 241 g/mol. The molecule has 2 rings (SSSR count). The van der Waals surface area contributed by atoms with Crippen LogP contribution in [0.1, 0.15) is 0 Å². The van der Waals surface area contributed by atoms with E-state index in [-0.39, 0.29) is 12.4 Å². The first-order valence-corrected chi connectivity index (χ1v) is 5.29. The van der Waals surface area contributed by atoms with Gasteiger partial charge in [0.2, 0.25) is 0 Å². The summed E-state index contributed by atoms with van der Waals surface area (Å²) in [6.45, 7) is -0.0608. The summed E-state index contributed by atoms with van der Waals surface area (Å²) in [6.07, 6.45) is -4.40. The van der Waals surface area contributed by atoms with Gasteiger partial charge in [-0.1, -0.05) is 6.07 Å². The normalized spacial score (nSPS) is 33.4. The Bertz CT molecular complexity index is 386. The molecule has 6 nitrogen and oxygen atoms in total. The van der Waals surface area contributed by atoms with Crippen molar-refractivity contribution in [2.45, 2.75) is 24.5 Å². The van der Waals surface area contributed by atoms with Crippen LogP contribution in [-0.2, 0) is 4.74 Å². The second-order valence-electron chi connectivity index (χ2n) is 4.00. The fraction of sp³-hybridized carbons (Fsp3) is 0.455. The van der Waals surface area contributed by atoms with E-state index in [1.165, 1.54) is 12.1 Å². The highest BCUT2D eigenvalue weighted by Gasteiger charge is 2.37. The van der Waals surface area contributed by atoms with Gasteiger partial charge in [-0.25, -0.2) is 0 Å². The Balaban J connectivity index is 2.04. The Morgan fingerprint density at radius 1 is 1.18 bits per heavy atom. The van der Waals surface area contributed by atoms with Crippen LogP contribution < -0.4 is 5.32 Å². The number of anilines is 1. The Morgan fingerprint density at radius 2 is 1.94 bits per heavy atom. The molecule has 5 N–H and O–H groups in total. The number of aliphatic hydroxyl groups excluding tert-OH is 3. The topological polar surface area (TPSA) is 102 Å². The van der Waals surface area contributed by atoms with Crippen molar-refractivity contribution in [2.75, 3.05) is 11.9 Å². The van der Waals surface area contributed by atoms with Gasteiger partial charge in [-0.15, -0.1) is 0 Å². The summed E-state index contributed by atoms with van der Waals surface area (Å²) in [5, 5.41) is 40.5.